The molecule has 110 valence electrons. The van der Waals surface area contributed by atoms with Crippen molar-refractivity contribution >= 4 is 40.7 Å². The van der Waals surface area contributed by atoms with E-state index in [1.54, 1.807) is 18.3 Å². The number of hydrogen-bond donors (Lipinski definition) is 2. The Kier molecular flexibility index (Phi) is 4.41. The van der Waals surface area contributed by atoms with Crippen LogP contribution in [0.5, 0.6) is 0 Å². The molecule has 0 radical (unpaired) electrons. The Labute approximate surface area is 133 Å². The molecule has 7 heteroatoms. The highest BCUT2D eigenvalue weighted by Crippen LogP contribution is 2.26. The summed E-state index contributed by atoms with van der Waals surface area (Å²) < 4.78 is 0. The van der Waals surface area contributed by atoms with Gasteiger partial charge in [0, 0.05) is 11.7 Å². The molecule has 3 rings (SSSR count). The number of hydrogen-bond acceptors (Lipinski definition) is 5. The van der Waals surface area contributed by atoms with Gasteiger partial charge in [-0.2, -0.15) is 10.1 Å². The molecule has 1 saturated carbocycles. The summed E-state index contributed by atoms with van der Waals surface area (Å²) in [5.74, 6) is 1.16. The molecule has 1 aromatic heterocycles. The van der Waals surface area contributed by atoms with E-state index in [4.69, 9.17) is 23.2 Å². The molecule has 1 fully saturated rings. The molecule has 0 spiro atoms. The molecule has 1 heterocycles. The van der Waals surface area contributed by atoms with E-state index in [-0.39, 0.29) is 0 Å². The Morgan fingerprint density at radius 3 is 2.67 bits per heavy atom. The van der Waals surface area contributed by atoms with Crippen molar-refractivity contribution in [3.05, 3.63) is 34.4 Å². The lowest BCUT2D eigenvalue weighted by molar-refractivity contribution is 0.738. The van der Waals surface area contributed by atoms with E-state index in [0.717, 1.165) is 18.5 Å². The Bertz CT molecular complexity index is 629. The van der Waals surface area contributed by atoms with Crippen LogP contribution in [0.25, 0.3) is 0 Å². The fourth-order valence-corrected chi connectivity index (χ4v) is 2.70. The van der Waals surface area contributed by atoms with Crippen LogP contribution < -0.4 is 10.6 Å². The molecule has 2 aromatic rings. The number of halogens is 2. The fourth-order valence-electron chi connectivity index (χ4n) is 2.40. The lowest BCUT2D eigenvalue weighted by Crippen LogP contribution is -2.17. The molecular weight excluding hydrogens is 309 g/mol. The minimum atomic E-state index is 0.451. The largest absolute Gasteiger partial charge is 0.350 e. The van der Waals surface area contributed by atoms with Crippen molar-refractivity contribution in [2.45, 2.75) is 31.7 Å². The highest BCUT2D eigenvalue weighted by atomic mass is 35.5. The third-order valence-corrected chi connectivity index (χ3v) is 4.18. The minimum absolute atomic E-state index is 0.451. The van der Waals surface area contributed by atoms with Gasteiger partial charge in [-0.1, -0.05) is 36.0 Å². The molecule has 0 aliphatic heterocycles. The van der Waals surface area contributed by atoms with Crippen molar-refractivity contribution in [1.82, 2.24) is 15.2 Å². The van der Waals surface area contributed by atoms with E-state index < -0.39 is 0 Å². The second-order valence-electron chi connectivity index (χ2n) is 5.04. The van der Waals surface area contributed by atoms with Crippen LogP contribution >= 0.6 is 23.2 Å². The van der Waals surface area contributed by atoms with E-state index in [1.807, 2.05) is 6.07 Å². The lowest BCUT2D eigenvalue weighted by Gasteiger charge is -2.12. The summed E-state index contributed by atoms with van der Waals surface area (Å²) in [6, 6.07) is 5.77. The van der Waals surface area contributed by atoms with Gasteiger partial charge >= 0.3 is 0 Å². The molecule has 5 nitrogen and oxygen atoms in total. The molecule has 1 aliphatic rings. The van der Waals surface area contributed by atoms with Crippen molar-refractivity contribution in [3.63, 3.8) is 0 Å². The van der Waals surface area contributed by atoms with Gasteiger partial charge in [-0.25, -0.2) is 0 Å². The number of anilines is 3. The highest BCUT2D eigenvalue weighted by molar-refractivity contribution is 6.42. The predicted molar refractivity (Wildman–Crippen MR) is 85.5 cm³/mol. The molecule has 21 heavy (non-hydrogen) atoms. The zero-order valence-corrected chi connectivity index (χ0v) is 12.8. The van der Waals surface area contributed by atoms with Crippen LogP contribution in [-0.2, 0) is 0 Å². The van der Waals surface area contributed by atoms with Crippen molar-refractivity contribution in [2.24, 2.45) is 0 Å². The molecule has 0 saturated heterocycles. The molecule has 0 unspecified atom stereocenters. The zero-order valence-electron chi connectivity index (χ0n) is 11.3. The van der Waals surface area contributed by atoms with Crippen molar-refractivity contribution < 1.29 is 0 Å². The third kappa shape index (κ3) is 3.74. The topological polar surface area (TPSA) is 62.7 Å². The van der Waals surface area contributed by atoms with Crippen LogP contribution in [0.1, 0.15) is 25.7 Å². The standard InChI is InChI=1S/C14H15Cl2N5/c15-11-6-5-10(7-12(11)16)18-13-8-17-21-14(20-13)19-9-3-1-2-4-9/h5-9H,1-4H2,(H2,18,19,20,21). The molecule has 0 amide bonds. The van der Waals surface area contributed by atoms with Gasteiger partial charge in [0.2, 0.25) is 5.95 Å². The maximum atomic E-state index is 5.99. The number of rotatable bonds is 4. The summed E-state index contributed by atoms with van der Waals surface area (Å²) in [7, 11) is 0. The van der Waals surface area contributed by atoms with E-state index >= 15 is 0 Å². The maximum absolute atomic E-state index is 5.99. The first-order valence-corrected chi connectivity index (χ1v) is 7.64. The van der Waals surface area contributed by atoms with Crippen LogP contribution in [0.15, 0.2) is 24.4 Å². The monoisotopic (exact) mass is 323 g/mol. The van der Waals surface area contributed by atoms with Crippen LogP contribution in [0.4, 0.5) is 17.5 Å². The van der Waals surface area contributed by atoms with Gasteiger partial charge in [0.05, 0.1) is 16.2 Å². The number of nitrogens with zero attached hydrogens (tertiary/aromatic N) is 3. The van der Waals surface area contributed by atoms with Crippen molar-refractivity contribution in [2.75, 3.05) is 10.6 Å². The molecular formula is C14H15Cl2N5. The van der Waals surface area contributed by atoms with Crippen LogP contribution in [0.2, 0.25) is 10.0 Å². The fraction of sp³-hybridized carbons (Fsp3) is 0.357. The Hall–Kier alpha value is -1.59. The molecule has 1 aromatic carbocycles. The molecule has 2 N–H and O–H groups in total. The van der Waals surface area contributed by atoms with Gasteiger partial charge in [-0.15, -0.1) is 5.10 Å². The average molecular weight is 324 g/mol. The number of benzene rings is 1. The summed E-state index contributed by atoms with van der Waals surface area (Å²) in [5, 5.41) is 15.5. The van der Waals surface area contributed by atoms with Crippen molar-refractivity contribution in [1.29, 1.82) is 0 Å². The van der Waals surface area contributed by atoms with Gasteiger partial charge < -0.3 is 10.6 Å². The van der Waals surface area contributed by atoms with Crippen LogP contribution in [-0.4, -0.2) is 21.2 Å². The second-order valence-corrected chi connectivity index (χ2v) is 5.86. The minimum Gasteiger partial charge on any atom is -0.350 e. The summed E-state index contributed by atoms with van der Waals surface area (Å²) in [4.78, 5) is 4.41. The molecule has 0 bridgehead atoms. The van der Waals surface area contributed by atoms with Gasteiger partial charge in [0.25, 0.3) is 0 Å². The van der Waals surface area contributed by atoms with Crippen molar-refractivity contribution in [3.8, 4) is 0 Å². The molecule has 1 aliphatic carbocycles. The first kappa shape index (κ1) is 14.4. The highest BCUT2D eigenvalue weighted by Gasteiger charge is 2.15. The second kappa shape index (κ2) is 6.45. The van der Waals surface area contributed by atoms with Gasteiger partial charge in [-0.3, -0.25) is 0 Å². The van der Waals surface area contributed by atoms with Crippen LogP contribution in [0, 0.1) is 0 Å². The Morgan fingerprint density at radius 2 is 1.90 bits per heavy atom. The van der Waals surface area contributed by atoms with Crippen LogP contribution in [0.3, 0.4) is 0 Å². The first-order valence-electron chi connectivity index (χ1n) is 6.89. The Morgan fingerprint density at radius 1 is 1.10 bits per heavy atom. The summed E-state index contributed by atoms with van der Waals surface area (Å²) in [6.07, 6.45) is 6.41. The smallest absolute Gasteiger partial charge is 0.244 e. The Balaban J connectivity index is 1.71. The summed E-state index contributed by atoms with van der Waals surface area (Å²) in [6.45, 7) is 0. The van der Waals surface area contributed by atoms with E-state index in [9.17, 15) is 0 Å². The predicted octanol–water partition coefficient (Wildman–Crippen LogP) is 4.28. The summed E-state index contributed by atoms with van der Waals surface area (Å²) >= 11 is 11.9. The normalized spacial score (nSPS) is 15.1. The van der Waals surface area contributed by atoms with Gasteiger partial charge in [-0.05, 0) is 31.0 Å². The number of aromatic nitrogens is 3. The van der Waals surface area contributed by atoms with Gasteiger partial charge in [0.15, 0.2) is 5.82 Å². The summed E-state index contributed by atoms with van der Waals surface area (Å²) in [5.41, 5.74) is 0.803. The quantitative estimate of drug-likeness (QED) is 0.879. The number of nitrogens with one attached hydrogen (secondary N) is 2. The first-order chi connectivity index (χ1) is 10.2. The molecule has 0 atom stereocenters. The zero-order chi connectivity index (χ0) is 14.7. The third-order valence-electron chi connectivity index (χ3n) is 3.44. The average Bonchev–Trinajstić information content (AvgIpc) is 2.96. The lowest BCUT2D eigenvalue weighted by atomic mass is 10.3. The SMILES string of the molecule is Clc1ccc(Nc2cnnc(NC3CCCC3)n2)cc1Cl. The maximum Gasteiger partial charge on any atom is 0.244 e. The van der Waals surface area contributed by atoms with E-state index in [2.05, 4.69) is 25.8 Å². The van der Waals surface area contributed by atoms with Gasteiger partial charge in [0.1, 0.15) is 0 Å². The van der Waals surface area contributed by atoms with E-state index in [0.29, 0.717) is 27.9 Å². The van der Waals surface area contributed by atoms with E-state index in [1.165, 1.54) is 12.8 Å².